The van der Waals surface area contributed by atoms with Gasteiger partial charge in [-0.3, -0.25) is 9.63 Å². The van der Waals surface area contributed by atoms with Crippen molar-refractivity contribution in [1.29, 1.82) is 0 Å². The summed E-state index contributed by atoms with van der Waals surface area (Å²) in [6.45, 7) is 13.0. The average molecular weight is 242 g/mol. The minimum absolute atomic E-state index is 0.134. The summed E-state index contributed by atoms with van der Waals surface area (Å²) in [6, 6.07) is 0.335. The Morgan fingerprint density at radius 3 is 2.35 bits per heavy atom. The number of nitrogens with one attached hydrogen (secondary N) is 2. The molecule has 100 valence electrons. The molecule has 4 heteroatoms. The number of carbonyl (C=O) groups is 1. The summed E-state index contributed by atoms with van der Waals surface area (Å²) in [5.41, 5.74) is 2.79. The molecular weight excluding hydrogens is 216 g/mol. The van der Waals surface area contributed by atoms with Crippen molar-refractivity contribution >= 4 is 6.41 Å². The zero-order valence-corrected chi connectivity index (χ0v) is 11.4. The lowest BCUT2D eigenvalue weighted by molar-refractivity contribution is -0.178. The van der Waals surface area contributed by atoms with E-state index in [0.717, 1.165) is 5.92 Å². The topological polar surface area (TPSA) is 50.4 Å². The highest BCUT2D eigenvalue weighted by molar-refractivity contribution is 5.45. The van der Waals surface area contributed by atoms with E-state index in [1.54, 1.807) is 6.08 Å². The Balaban J connectivity index is 0.000000437. The van der Waals surface area contributed by atoms with Crippen LogP contribution in [-0.2, 0) is 9.63 Å². The van der Waals surface area contributed by atoms with Crippen LogP contribution in [0.4, 0.5) is 0 Å². The van der Waals surface area contributed by atoms with Crippen LogP contribution in [0.3, 0.4) is 0 Å². The molecule has 17 heavy (non-hydrogen) atoms. The summed E-state index contributed by atoms with van der Waals surface area (Å²) >= 11 is 0. The molecule has 1 aliphatic heterocycles. The highest BCUT2D eigenvalue weighted by atomic mass is 16.7. The maximum Gasteiger partial charge on any atom is 0.207 e. The van der Waals surface area contributed by atoms with E-state index in [1.165, 1.54) is 6.42 Å². The van der Waals surface area contributed by atoms with E-state index in [1.807, 2.05) is 6.92 Å². The maximum absolute atomic E-state index is 10.0. The minimum Gasteiger partial charge on any atom is -0.358 e. The maximum atomic E-state index is 10.0. The molecule has 0 aromatic heterocycles. The van der Waals surface area contributed by atoms with E-state index in [0.29, 0.717) is 19.0 Å². The minimum atomic E-state index is 0.134. The quantitative estimate of drug-likeness (QED) is 0.552. The van der Waals surface area contributed by atoms with Crippen LogP contribution in [0.2, 0.25) is 0 Å². The zero-order chi connectivity index (χ0) is 13.3. The van der Waals surface area contributed by atoms with Crippen LogP contribution in [0.1, 0.15) is 34.1 Å². The second kappa shape index (κ2) is 9.19. The fourth-order valence-electron chi connectivity index (χ4n) is 1.26. The summed E-state index contributed by atoms with van der Waals surface area (Å²) in [5, 5.41) is 2.61. The molecule has 0 radical (unpaired) electrons. The third kappa shape index (κ3) is 6.44. The van der Waals surface area contributed by atoms with Gasteiger partial charge in [0.05, 0.1) is 6.04 Å². The molecule has 1 rings (SSSR count). The number of hydroxylamine groups is 1. The summed E-state index contributed by atoms with van der Waals surface area (Å²) < 4.78 is 0. The van der Waals surface area contributed by atoms with Gasteiger partial charge in [0.2, 0.25) is 6.41 Å². The number of carbonyl (C=O) groups excluding carboxylic acids is 1. The van der Waals surface area contributed by atoms with Crippen LogP contribution < -0.4 is 10.8 Å². The van der Waals surface area contributed by atoms with Gasteiger partial charge < -0.3 is 5.32 Å². The van der Waals surface area contributed by atoms with Crippen molar-refractivity contribution in [3.8, 4) is 0 Å². The number of amides is 1. The number of rotatable bonds is 6. The van der Waals surface area contributed by atoms with Gasteiger partial charge in [-0.25, -0.2) is 0 Å². The van der Waals surface area contributed by atoms with Gasteiger partial charge in [0.25, 0.3) is 0 Å². The van der Waals surface area contributed by atoms with E-state index >= 15 is 0 Å². The molecule has 1 aliphatic rings. The van der Waals surface area contributed by atoms with E-state index in [2.05, 4.69) is 38.1 Å². The summed E-state index contributed by atoms with van der Waals surface area (Å²) in [6.07, 6.45) is 3.93. The van der Waals surface area contributed by atoms with Crippen molar-refractivity contribution in [3.05, 3.63) is 12.7 Å². The second-order valence-electron chi connectivity index (χ2n) is 4.72. The van der Waals surface area contributed by atoms with Gasteiger partial charge in [-0.15, -0.1) is 6.58 Å². The normalized spacial score (nSPS) is 24.1. The molecule has 1 saturated heterocycles. The lowest BCUT2D eigenvalue weighted by Gasteiger charge is -2.38. The van der Waals surface area contributed by atoms with E-state index in [9.17, 15) is 4.79 Å². The third-order valence-corrected chi connectivity index (χ3v) is 2.86. The number of hydrogen-bond donors (Lipinski definition) is 2. The van der Waals surface area contributed by atoms with E-state index in [-0.39, 0.29) is 12.0 Å². The third-order valence-electron chi connectivity index (χ3n) is 2.86. The van der Waals surface area contributed by atoms with Crippen molar-refractivity contribution in [2.75, 3.05) is 6.54 Å². The van der Waals surface area contributed by atoms with Crippen molar-refractivity contribution in [2.45, 2.75) is 46.3 Å². The summed E-state index contributed by atoms with van der Waals surface area (Å²) in [5.74, 6) is 1.07. The summed E-state index contributed by atoms with van der Waals surface area (Å²) in [4.78, 5) is 15.1. The molecule has 1 amide bonds. The predicted octanol–water partition coefficient (Wildman–Crippen LogP) is 1.88. The molecule has 0 saturated carbocycles. The first-order valence-electron chi connectivity index (χ1n) is 6.27. The standard InChI is InChI=1S/C8H14N2O2.C5H12/c1-3-7(4-9-5-11)8-6(2)10-12-8;1-4-5(2)3/h3,5-8,10H,1,4H2,2H3,(H,9,11);5H,4H2,1-3H3. The van der Waals surface area contributed by atoms with Gasteiger partial charge in [0.15, 0.2) is 0 Å². The van der Waals surface area contributed by atoms with Gasteiger partial charge in [0.1, 0.15) is 6.10 Å². The Morgan fingerprint density at radius 1 is 1.53 bits per heavy atom. The highest BCUT2D eigenvalue weighted by Crippen LogP contribution is 2.18. The Labute approximate surface area is 105 Å². The van der Waals surface area contributed by atoms with E-state index in [4.69, 9.17) is 4.84 Å². The molecule has 2 N–H and O–H groups in total. The van der Waals surface area contributed by atoms with Crippen molar-refractivity contribution in [2.24, 2.45) is 11.8 Å². The van der Waals surface area contributed by atoms with Gasteiger partial charge in [0, 0.05) is 12.5 Å². The number of hydrogen-bond acceptors (Lipinski definition) is 3. The Bertz CT molecular complexity index is 219. The first-order chi connectivity index (χ1) is 8.06. The van der Waals surface area contributed by atoms with Crippen molar-refractivity contribution < 1.29 is 9.63 Å². The van der Waals surface area contributed by atoms with Crippen LogP contribution in [0.25, 0.3) is 0 Å². The molecule has 0 aromatic rings. The lowest BCUT2D eigenvalue weighted by Crippen LogP contribution is -2.57. The van der Waals surface area contributed by atoms with Crippen molar-refractivity contribution in [3.63, 3.8) is 0 Å². The average Bonchev–Trinajstić information content (AvgIpc) is 2.32. The van der Waals surface area contributed by atoms with Crippen LogP contribution in [0.15, 0.2) is 12.7 Å². The van der Waals surface area contributed by atoms with Crippen molar-refractivity contribution in [1.82, 2.24) is 10.8 Å². The molecule has 1 fully saturated rings. The molecule has 0 bridgehead atoms. The molecule has 0 spiro atoms. The zero-order valence-electron chi connectivity index (χ0n) is 11.4. The SMILES string of the molecule is C=CC(CNC=O)C1ONC1C.CCC(C)C. The lowest BCUT2D eigenvalue weighted by atomic mass is 9.95. The fourth-order valence-corrected chi connectivity index (χ4v) is 1.26. The molecule has 0 aromatic carbocycles. The van der Waals surface area contributed by atoms with Crippen LogP contribution in [0.5, 0.6) is 0 Å². The first kappa shape index (κ1) is 16.1. The van der Waals surface area contributed by atoms with Gasteiger partial charge >= 0.3 is 0 Å². The Morgan fingerprint density at radius 2 is 2.12 bits per heavy atom. The molecule has 3 atom stereocenters. The molecule has 4 nitrogen and oxygen atoms in total. The highest BCUT2D eigenvalue weighted by Gasteiger charge is 2.33. The monoisotopic (exact) mass is 242 g/mol. The predicted molar refractivity (Wildman–Crippen MR) is 70.4 cm³/mol. The molecule has 0 aliphatic carbocycles. The second-order valence-corrected chi connectivity index (χ2v) is 4.72. The van der Waals surface area contributed by atoms with Gasteiger partial charge in [-0.2, -0.15) is 5.48 Å². The molecular formula is C13H26N2O2. The Kier molecular flexibility index (Phi) is 8.72. The smallest absolute Gasteiger partial charge is 0.207 e. The van der Waals surface area contributed by atoms with Gasteiger partial charge in [-0.05, 0) is 12.8 Å². The van der Waals surface area contributed by atoms with Crippen LogP contribution in [0, 0.1) is 11.8 Å². The summed E-state index contributed by atoms with van der Waals surface area (Å²) in [7, 11) is 0. The van der Waals surface area contributed by atoms with Gasteiger partial charge in [-0.1, -0.05) is 33.3 Å². The molecule has 1 heterocycles. The molecule has 3 unspecified atom stereocenters. The largest absolute Gasteiger partial charge is 0.358 e. The first-order valence-corrected chi connectivity index (χ1v) is 6.27. The Hall–Kier alpha value is -0.870. The fraction of sp³-hybridized carbons (Fsp3) is 0.769. The van der Waals surface area contributed by atoms with Crippen LogP contribution >= 0.6 is 0 Å². The van der Waals surface area contributed by atoms with E-state index < -0.39 is 0 Å². The van der Waals surface area contributed by atoms with Crippen LogP contribution in [-0.4, -0.2) is 25.1 Å².